The molecule has 0 fully saturated rings. The lowest BCUT2D eigenvalue weighted by molar-refractivity contribution is -0.114. The molecule has 0 spiro atoms. The molecule has 6 heteroatoms. The first kappa shape index (κ1) is 15.6. The van der Waals surface area contributed by atoms with Gasteiger partial charge in [0.05, 0.1) is 23.1 Å². The number of nitrogens with two attached hydrogens (primary N) is 1. The van der Waals surface area contributed by atoms with E-state index in [0.29, 0.717) is 29.9 Å². The van der Waals surface area contributed by atoms with Crippen molar-refractivity contribution in [3.63, 3.8) is 0 Å². The van der Waals surface area contributed by atoms with E-state index in [1.807, 2.05) is 30.5 Å². The maximum absolute atomic E-state index is 12.2. The van der Waals surface area contributed by atoms with Crippen molar-refractivity contribution in [1.82, 2.24) is 4.57 Å². The molecule has 0 unspecified atom stereocenters. The molecule has 0 saturated heterocycles. The van der Waals surface area contributed by atoms with Gasteiger partial charge in [-0.3, -0.25) is 9.59 Å². The van der Waals surface area contributed by atoms with Crippen molar-refractivity contribution in [2.45, 2.75) is 20.4 Å². The van der Waals surface area contributed by atoms with Gasteiger partial charge in [-0.05, 0) is 26.0 Å². The van der Waals surface area contributed by atoms with Crippen LogP contribution in [-0.2, 0) is 11.3 Å². The summed E-state index contributed by atoms with van der Waals surface area (Å²) in [6, 6.07) is 5.57. The van der Waals surface area contributed by atoms with E-state index in [4.69, 9.17) is 10.5 Å². The Bertz CT molecular complexity index is 706. The van der Waals surface area contributed by atoms with Crippen LogP contribution >= 0.6 is 15.9 Å². The van der Waals surface area contributed by atoms with Crippen LogP contribution in [0.25, 0.3) is 10.9 Å². The number of primary amides is 1. The zero-order chi connectivity index (χ0) is 15.6. The predicted octanol–water partition coefficient (Wildman–Crippen LogP) is 2.41. The fourth-order valence-electron chi connectivity index (χ4n) is 2.54. The molecule has 2 N–H and O–H groups in total. The average molecular weight is 353 g/mol. The Kier molecular flexibility index (Phi) is 4.67. The van der Waals surface area contributed by atoms with Gasteiger partial charge in [-0.15, -0.1) is 0 Å². The number of nitrogens with zero attached hydrogens (tertiary/aromatic N) is 1. The second-order valence-corrected chi connectivity index (χ2v) is 5.37. The summed E-state index contributed by atoms with van der Waals surface area (Å²) in [5.74, 6) is -1.05. The van der Waals surface area contributed by atoms with Gasteiger partial charge in [0, 0.05) is 17.6 Å². The standard InChI is InChI=1S/C15H17BrN2O3/c1-3-21-11-6-4-5-10-13(11)12(14(19)15(17)20)9(2)18(10)8-7-16/h4-6H,3,7-8H2,1-2H3,(H2,17,20). The van der Waals surface area contributed by atoms with Crippen LogP contribution < -0.4 is 10.5 Å². The van der Waals surface area contributed by atoms with Gasteiger partial charge >= 0.3 is 0 Å². The summed E-state index contributed by atoms with van der Waals surface area (Å²) < 4.78 is 7.60. The van der Waals surface area contributed by atoms with E-state index >= 15 is 0 Å². The maximum Gasteiger partial charge on any atom is 0.289 e. The normalized spacial score (nSPS) is 10.8. The number of amides is 1. The number of ketones is 1. The number of Topliss-reactive ketones (excluding diaryl/α,β-unsaturated/α-hetero) is 1. The minimum Gasteiger partial charge on any atom is -0.493 e. The van der Waals surface area contributed by atoms with Crippen LogP contribution in [0.1, 0.15) is 23.0 Å². The number of halogens is 1. The van der Waals surface area contributed by atoms with Gasteiger partial charge in [0.15, 0.2) is 0 Å². The summed E-state index contributed by atoms with van der Waals surface area (Å²) in [6.07, 6.45) is 0. The van der Waals surface area contributed by atoms with Gasteiger partial charge in [-0.25, -0.2) is 0 Å². The van der Waals surface area contributed by atoms with Crippen LogP contribution in [0, 0.1) is 6.92 Å². The summed E-state index contributed by atoms with van der Waals surface area (Å²) in [6.45, 7) is 4.85. The molecule has 0 atom stereocenters. The van der Waals surface area contributed by atoms with Crippen LogP contribution in [0.15, 0.2) is 18.2 Å². The molecular formula is C15H17BrN2O3. The van der Waals surface area contributed by atoms with Gasteiger partial charge in [-0.2, -0.15) is 0 Å². The number of carbonyl (C=O) groups excluding carboxylic acids is 2. The Morgan fingerprint density at radius 2 is 2.10 bits per heavy atom. The molecule has 0 radical (unpaired) electrons. The Morgan fingerprint density at radius 3 is 2.67 bits per heavy atom. The monoisotopic (exact) mass is 352 g/mol. The first-order valence-corrected chi connectivity index (χ1v) is 7.79. The van der Waals surface area contributed by atoms with Crippen LogP contribution in [0.3, 0.4) is 0 Å². The number of aromatic nitrogens is 1. The highest BCUT2D eigenvalue weighted by Crippen LogP contribution is 2.34. The first-order chi connectivity index (χ1) is 10.0. The quantitative estimate of drug-likeness (QED) is 0.492. The molecule has 1 amide bonds. The molecular weight excluding hydrogens is 336 g/mol. The predicted molar refractivity (Wildman–Crippen MR) is 85.2 cm³/mol. The topological polar surface area (TPSA) is 74.3 Å². The second-order valence-electron chi connectivity index (χ2n) is 4.58. The van der Waals surface area contributed by atoms with E-state index in [2.05, 4.69) is 15.9 Å². The third kappa shape index (κ3) is 2.68. The Balaban J connectivity index is 2.83. The number of alkyl halides is 1. The molecule has 1 aromatic carbocycles. The van der Waals surface area contributed by atoms with Crippen molar-refractivity contribution in [2.24, 2.45) is 5.73 Å². The molecule has 2 aromatic rings. The summed E-state index contributed by atoms with van der Waals surface area (Å²) >= 11 is 3.40. The number of fused-ring (bicyclic) bond motifs is 1. The number of ether oxygens (including phenoxy) is 1. The van der Waals surface area contributed by atoms with E-state index < -0.39 is 11.7 Å². The van der Waals surface area contributed by atoms with Crippen LogP contribution in [-0.4, -0.2) is 28.2 Å². The SMILES string of the molecule is CCOc1cccc2c1c(C(=O)C(N)=O)c(C)n2CCBr. The second kappa shape index (κ2) is 6.30. The van der Waals surface area contributed by atoms with E-state index in [-0.39, 0.29) is 0 Å². The number of benzene rings is 1. The highest BCUT2D eigenvalue weighted by atomic mass is 79.9. The van der Waals surface area contributed by atoms with E-state index in [0.717, 1.165) is 16.5 Å². The number of aryl methyl sites for hydroxylation is 1. The molecule has 5 nitrogen and oxygen atoms in total. The lowest BCUT2D eigenvalue weighted by atomic mass is 10.1. The Morgan fingerprint density at radius 1 is 1.38 bits per heavy atom. The van der Waals surface area contributed by atoms with Crippen LogP contribution in [0.5, 0.6) is 5.75 Å². The average Bonchev–Trinajstić information content (AvgIpc) is 2.73. The molecule has 2 rings (SSSR count). The minimum atomic E-state index is -0.956. The fraction of sp³-hybridized carbons (Fsp3) is 0.333. The summed E-state index contributed by atoms with van der Waals surface area (Å²) in [7, 11) is 0. The number of hydrogen-bond acceptors (Lipinski definition) is 3. The van der Waals surface area contributed by atoms with Gasteiger partial charge in [0.1, 0.15) is 5.75 Å². The van der Waals surface area contributed by atoms with Gasteiger partial charge < -0.3 is 15.0 Å². The van der Waals surface area contributed by atoms with E-state index in [1.54, 1.807) is 6.07 Å². The van der Waals surface area contributed by atoms with E-state index in [9.17, 15) is 9.59 Å². The molecule has 0 aliphatic heterocycles. The van der Waals surface area contributed by atoms with Crippen LogP contribution in [0.4, 0.5) is 0 Å². The molecule has 21 heavy (non-hydrogen) atoms. The lowest BCUT2D eigenvalue weighted by Crippen LogP contribution is -2.24. The number of carbonyl (C=O) groups is 2. The molecule has 0 saturated carbocycles. The van der Waals surface area contributed by atoms with Gasteiger partial charge in [0.2, 0.25) is 0 Å². The Hall–Kier alpha value is -1.82. The largest absolute Gasteiger partial charge is 0.493 e. The zero-order valence-electron chi connectivity index (χ0n) is 12.0. The van der Waals surface area contributed by atoms with Crippen molar-refractivity contribution in [1.29, 1.82) is 0 Å². The highest BCUT2D eigenvalue weighted by Gasteiger charge is 2.25. The smallest absolute Gasteiger partial charge is 0.289 e. The molecule has 1 aromatic heterocycles. The third-order valence-electron chi connectivity index (χ3n) is 3.37. The summed E-state index contributed by atoms with van der Waals surface area (Å²) in [5, 5.41) is 1.39. The molecule has 0 aliphatic rings. The van der Waals surface area contributed by atoms with Crippen LogP contribution in [0.2, 0.25) is 0 Å². The summed E-state index contributed by atoms with van der Waals surface area (Å²) in [4.78, 5) is 23.5. The first-order valence-electron chi connectivity index (χ1n) is 6.67. The molecule has 0 aliphatic carbocycles. The number of hydrogen-bond donors (Lipinski definition) is 1. The summed E-state index contributed by atoms with van der Waals surface area (Å²) in [5.41, 5.74) is 7.11. The molecule has 0 bridgehead atoms. The third-order valence-corrected chi connectivity index (χ3v) is 3.73. The van der Waals surface area contributed by atoms with Crippen molar-refractivity contribution >= 4 is 38.5 Å². The molecule has 112 valence electrons. The van der Waals surface area contributed by atoms with Crippen molar-refractivity contribution < 1.29 is 14.3 Å². The van der Waals surface area contributed by atoms with E-state index in [1.165, 1.54) is 0 Å². The van der Waals surface area contributed by atoms with Gasteiger partial charge in [0.25, 0.3) is 11.7 Å². The van der Waals surface area contributed by atoms with Crippen molar-refractivity contribution in [2.75, 3.05) is 11.9 Å². The Labute approximate surface area is 131 Å². The van der Waals surface area contributed by atoms with Crippen molar-refractivity contribution in [3.05, 3.63) is 29.5 Å². The maximum atomic E-state index is 12.2. The minimum absolute atomic E-state index is 0.336. The van der Waals surface area contributed by atoms with Crippen molar-refractivity contribution in [3.8, 4) is 5.75 Å². The lowest BCUT2D eigenvalue weighted by Gasteiger charge is -2.07. The molecule has 1 heterocycles. The number of rotatable bonds is 6. The fourth-order valence-corrected chi connectivity index (χ4v) is 2.90. The highest BCUT2D eigenvalue weighted by molar-refractivity contribution is 9.09. The zero-order valence-corrected chi connectivity index (χ0v) is 13.6. The van der Waals surface area contributed by atoms with Gasteiger partial charge in [-0.1, -0.05) is 22.0 Å².